The fourth-order valence-corrected chi connectivity index (χ4v) is 3.82. The highest BCUT2D eigenvalue weighted by Crippen LogP contribution is 2.55. The van der Waals surface area contributed by atoms with Crippen LogP contribution in [0.15, 0.2) is 35.6 Å². The molecule has 21 heavy (non-hydrogen) atoms. The smallest absolute Gasteiger partial charge is 0.243 e. The Balaban J connectivity index is 1.41. The number of rotatable bonds is 3. The van der Waals surface area contributed by atoms with Crippen molar-refractivity contribution in [1.29, 1.82) is 0 Å². The zero-order valence-electron chi connectivity index (χ0n) is 11.9. The third kappa shape index (κ3) is 2.24. The molecule has 1 aromatic carbocycles. The van der Waals surface area contributed by atoms with Gasteiger partial charge in [0.15, 0.2) is 0 Å². The minimum absolute atomic E-state index is 0.1000. The molecule has 2 fully saturated rings. The molecule has 1 amide bonds. The summed E-state index contributed by atoms with van der Waals surface area (Å²) in [6.07, 6.45) is 8.64. The number of para-hydroxylation sites is 1. The molecule has 0 aliphatic heterocycles. The quantitative estimate of drug-likeness (QED) is 0.659. The van der Waals surface area contributed by atoms with E-state index in [9.17, 15) is 4.79 Å². The monoisotopic (exact) mass is 281 g/mol. The lowest BCUT2D eigenvalue weighted by molar-refractivity contribution is -0.122. The lowest BCUT2D eigenvalue weighted by Crippen LogP contribution is -2.20. The summed E-state index contributed by atoms with van der Waals surface area (Å²) in [5.74, 6) is 1.57. The number of carbonyl (C=O) groups excluding carboxylic acids is 1. The fraction of sp³-hybridized carbons (Fsp3) is 0.412. The molecule has 2 aromatic rings. The molecule has 2 unspecified atom stereocenters. The predicted octanol–water partition coefficient (Wildman–Crippen LogP) is 3.05. The molecule has 4 nitrogen and oxygen atoms in total. The van der Waals surface area contributed by atoms with Crippen molar-refractivity contribution in [1.82, 2.24) is 10.4 Å². The van der Waals surface area contributed by atoms with Crippen LogP contribution in [0.1, 0.15) is 31.2 Å². The number of aromatic nitrogens is 1. The Morgan fingerprint density at radius 1 is 1.24 bits per heavy atom. The molecule has 108 valence electrons. The molecule has 1 heterocycles. The molecule has 2 aliphatic rings. The zero-order valence-corrected chi connectivity index (χ0v) is 11.9. The van der Waals surface area contributed by atoms with E-state index in [4.69, 9.17) is 0 Å². The van der Waals surface area contributed by atoms with Crippen LogP contribution in [0.25, 0.3) is 10.9 Å². The van der Waals surface area contributed by atoms with E-state index in [1.165, 1.54) is 25.7 Å². The van der Waals surface area contributed by atoms with Gasteiger partial charge >= 0.3 is 0 Å². The van der Waals surface area contributed by atoms with E-state index < -0.39 is 0 Å². The van der Waals surface area contributed by atoms with Gasteiger partial charge in [0.1, 0.15) is 0 Å². The Morgan fingerprint density at radius 3 is 2.81 bits per heavy atom. The summed E-state index contributed by atoms with van der Waals surface area (Å²) >= 11 is 0. The maximum atomic E-state index is 12.1. The summed E-state index contributed by atoms with van der Waals surface area (Å²) in [6, 6.07) is 8.07. The maximum Gasteiger partial charge on any atom is 0.243 e. The molecule has 4 rings (SSSR count). The molecular weight excluding hydrogens is 262 g/mol. The van der Waals surface area contributed by atoms with Gasteiger partial charge in [-0.1, -0.05) is 31.0 Å². The first kappa shape index (κ1) is 12.6. The van der Waals surface area contributed by atoms with E-state index in [0.29, 0.717) is 11.8 Å². The summed E-state index contributed by atoms with van der Waals surface area (Å²) in [5, 5.41) is 5.26. The minimum Gasteiger partial charge on any atom is -0.361 e. The highest BCUT2D eigenvalue weighted by Gasteiger charge is 2.54. The van der Waals surface area contributed by atoms with E-state index in [1.54, 1.807) is 6.21 Å². The van der Waals surface area contributed by atoms with Gasteiger partial charge in [-0.05, 0) is 30.7 Å². The van der Waals surface area contributed by atoms with Crippen molar-refractivity contribution in [3.05, 3.63) is 36.0 Å². The Labute approximate surface area is 123 Å². The SMILES string of the molecule is O=C(N/N=C/c1c[nH]c2ccccc12)C1C2CCCCC21. The number of benzene rings is 1. The lowest BCUT2D eigenvalue weighted by Gasteiger charge is -2.04. The van der Waals surface area contributed by atoms with Crippen LogP contribution in [0.5, 0.6) is 0 Å². The van der Waals surface area contributed by atoms with Gasteiger partial charge in [-0.25, -0.2) is 5.43 Å². The fourth-order valence-electron chi connectivity index (χ4n) is 3.82. The summed E-state index contributed by atoms with van der Waals surface area (Å²) in [6.45, 7) is 0. The number of hydrazone groups is 1. The number of carbonyl (C=O) groups is 1. The molecule has 4 heteroatoms. The van der Waals surface area contributed by atoms with Crippen molar-refractivity contribution in [2.75, 3.05) is 0 Å². The van der Waals surface area contributed by atoms with Crippen LogP contribution in [-0.2, 0) is 4.79 Å². The van der Waals surface area contributed by atoms with Crippen LogP contribution in [-0.4, -0.2) is 17.1 Å². The molecular formula is C17H19N3O. The van der Waals surface area contributed by atoms with Crippen molar-refractivity contribution >= 4 is 23.0 Å². The Hall–Kier alpha value is -2.10. The second-order valence-corrected chi connectivity index (χ2v) is 6.16. The molecule has 0 bridgehead atoms. The van der Waals surface area contributed by atoms with Crippen molar-refractivity contribution in [3.63, 3.8) is 0 Å². The molecule has 0 radical (unpaired) electrons. The van der Waals surface area contributed by atoms with Crippen LogP contribution in [0.2, 0.25) is 0 Å². The molecule has 1 aromatic heterocycles. The number of aromatic amines is 1. The van der Waals surface area contributed by atoms with E-state index in [-0.39, 0.29) is 11.8 Å². The maximum absolute atomic E-state index is 12.1. The van der Waals surface area contributed by atoms with Crippen LogP contribution in [0, 0.1) is 17.8 Å². The molecule has 2 N–H and O–H groups in total. The van der Waals surface area contributed by atoms with Crippen molar-refractivity contribution in [2.24, 2.45) is 22.9 Å². The van der Waals surface area contributed by atoms with Gasteiger partial charge < -0.3 is 4.98 Å². The topological polar surface area (TPSA) is 57.2 Å². The third-order valence-electron chi connectivity index (χ3n) is 4.96. The van der Waals surface area contributed by atoms with Gasteiger partial charge in [0, 0.05) is 28.6 Å². The number of amides is 1. The lowest BCUT2D eigenvalue weighted by atomic mass is 10.0. The average Bonchev–Trinajstić information content (AvgIpc) is 3.12. The third-order valence-corrected chi connectivity index (χ3v) is 4.96. The van der Waals surface area contributed by atoms with Crippen LogP contribution in [0.4, 0.5) is 0 Å². The normalized spacial score (nSPS) is 27.7. The molecule has 2 aliphatic carbocycles. The van der Waals surface area contributed by atoms with E-state index in [2.05, 4.69) is 15.5 Å². The van der Waals surface area contributed by atoms with Gasteiger partial charge in [0.2, 0.25) is 5.91 Å². The summed E-state index contributed by atoms with van der Waals surface area (Å²) in [4.78, 5) is 15.3. The molecule has 2 atom stereocenters. The van der Waals surface area contributed by atoms with Gasteiger partial charge in [0.25, 0.3) is 0 Å². The van der Waals surface area contributed by atoms with Gasteiger partial charge in [-0.2, -0.15) is 5.10 Å². The second kappa shape index (κ2) is 5.02. The summed E-state index contributed by atoms with van der Waals surface area (Å²) in [5.41, 5.74) is 4.80. The number of hydrogen-bond acceptors (Lipinski definition) is 2. The van der Waals surface area contributed by atoms with E-state index in [0.717, 1.165) is 16.5 Å². The first-order valence-corrected chi connectivity index (χ1v) is 7.73. The molecule has 0 saturated heterocycles. The predicted molar refractivity (Wildman–Crippen MR) is 83.0 cm³/mol. The molecule has 2 saturated carbocycles. The highest BCUT2D eigenvalue weighted by molar-refractivity contribution is 5.99. The van der Waals surface area contributed by atoms with Gasteiger partial charge in [-0.15, -0.1) is 0 Å². The molecule has 0 spiro atoms. The van der Waals surface area contributed by atoms with Crippen LogP contribution < -0.4 is 5.43 Å². The Bertz CT molecular complexity index is 691. The van der Waals surface area contributed by atoms with Crippen LogP contribution >= 0.6 is 0 Å². The number of hydrogen-bond donors (Lipinski definition) is 2. The number of H-pyrrole nitrogens is 1. The van der Waals surface area contributed by atoms with E-state index >= 15 is 0 Å². The number of nitrogens with zero attached hydrogens (tertiary/aromatic N) is 1. The van der Waals surface area contributed by atoms with E-state index in [1.807, 2.05) is 30.5 Å². The number of fused-ring (bicyclic) bond motifs is 2. The number of nitrogens with one attached hydrogen (secondary N) is 2. The Kier molecular flexibility index (Phi) is 3.02. The minimum atomic E-state index is 0.1000. The first-order valence-electron chi connectivity index (χ1n) is 7.73. The Morgan fingerprint density at radius 2 is 2.00 bits per heavy atom. The van der Waals surface area contributed by atoms with Crippen molar-refractivity contribution < 1.29 is 4.79 Å². The zero-order chi connectivity index (χ0) is 14.2. The van der Waals surface area contributed by atoms with Crippen LogP contribution in [0.3, 0.4) is 0 Å². The average molecular weight is 281 g/mol. The van der Waals surface area contributed by atoms with Crippen molar-refractivity contribution in [2.45, 2.75) is 25.7 Å². The first-order chi connectivity index (χ1) is 10.3. The summed E-state index contributed by atoms with van der Waals surface area (Å²) in [7, 11) is 0. The second-order valence-electron chi connectivity index (χ2n) is 6.16. The van der Waals surface area contributed by atoms with Crippen molar-refractivity contribution in [3.8, 4) is 0 Å². The standard InChI is InChI=1S/C17H19N3O/c21-17(16-13-6-1-2-7-14(13)16)20-19-10-11-9-18-15-8-4-3-5-12(11)15/h3-5,8-10,13-14,16,18H,1-2,6-7H2,(H,20,21)/b19-10+. The largest absolute Gasteiger partial charge is 0.361 e. The van der Waals surface area contributed by atoms with Gasteiger partial charge in [-0.3, -0.25) is 4.79 Å². The van der Waals surface area contributed by atoms with Gasteiger partial charge in [0.05, 0.1) is 6.21 Å². The highest BCUT2D eigenvalue weighted by atomic mass is 16.2. The summed E-state index contributed by atoms with van der Waals surface area (Å²) < 4.78 is 0.